The molecule has 1 atom stereocenters. The fourth-order valence-electron chi connectivity index (χ4n) is 3.57. The van der Waals surface area contributed by atoms with E-state index in [2.05, 4.69) is 35.2 Å². The summed E-state index contributed by atoms with van der Waals surface area (Å²) in [5.41, 5.74) is 2.61. The number of nitrogens with zero attached hydrogens (tertiary/aromatic N) is 1. The van der Waals surface area contributed by atoms with Gasteiger partial charge in [-0.2, -0.15) is 0 Å². The Morgan fingerprint density at radius 1 is 1.08 bits per heavy atom. The molecule has 3 nitrogen and oxygen atoms in total. The second-order valence-electron chi connectivity index (χ2n) is 7.22. The first-order valence-electron chi connectivity index (χ1n) is 9.33. The van der Waals surface area contributed by atoms with Gasteiger partial charge in [-0.15, -0.1) is 0 Å². The van der Waals surface area contributed by atoms with Crippen LogP contribution < -0.4 is 4.74 Å². The molecule has 3 rings (SSSR count). The molecule has 0 aliphatic carbocycles. The summed E-state index contributed by atoms with van der Waals surface area (Å²) >= 11 is 0. The second kappa shape index (κ2) is 9.02. The van der Waals surface area contributed by atoms with Gasteiger partial charge in [0.15, 0.2) is 0 Å². The zero-order chi connectivity index (χ0) is 17.5. The van der Waals surface area contributed by atoms with Crippen LogP contribution in [0.4, 0.5) is 0 Å². The Morgan fingerprint density at radius 2 is 1.84 bits per heavy atom. The molecule has 1 N–H and O–H groups in total. The SMILES string of the molecule is Cc1cccc(OC[C@H](O)CN2CCC(Cc3ccccc3)CC2)c1. The number of rotatable bonds is 7. The highest BCUT2D eigenvalue weighted by Crippen LogP contribution is 2.22. The lowest BCUT2D eigenvalue weighted by Crippen LogP contribution is -2.41. The van der Waals surface area contributed by atoms with Crippen LogP contribution >= 0.6 is 0 Å². The molecule has 2 aromatic carbocycles. The smallest absolute Gasteiger partial charge is 0.119 e. The van der Waals surface area contributed by atoms with Gasteiger partial charge >= 0.3 is 0 Å². The van der Waals surface area contributed by atoms with Crippen LogP contribution in [-0.2, 0) is 6.42 Å². The van der Waals surface area contributed by atoms with Crippen LogP contribution in [0, 0.1) is 12.8 Å². The number of aliphatic hydroxyl groups excluding tert-OH is 1. The summed E-state index contributed by atoms with van der Waals surface area (Å²) in [6.07, 6.45) is 3.15. The summed E-state index contributed by atoms with van der Waals surface area (Å²) in [4.78, 5) is 2.37. The molecule has 0 spiro atoms. The Labute approximate surface area is 151 Å². The highest BCUT2D eigenvalue weighted by molar-refractivity contribution is 5.27. The van der Waals surface area contributed by atoms with E-state index in [-0.39, 0.29) is 0 Å². The fourth-order valence-corrected chi connectivity index (χ4v) is 3.57. The zero-order valence-corrected chi connectivity index (χ0v) is 15.1. The fraction of sp³-hybridized carbons (Fsp3) is 0.455. The van der Waals surface area contributed by atoms with Crippen molar-refractivity contribution >= 4 is 0 Å². The number of likely N-dealkylation sites (tertiary alicyclic amines) is 1. The first-order valence-corrected chi connectivity index (χ1v) is 9.33. The van der Waals surface area contributed by atoms with Crippen LogP contribution in [0.2, 0.25) is 0 Å². The zero-order valence-electron chi connectivity index (χ0n) is 15.1. The quantitative estimate of drug-likeness (QED) is 0.835. The lowest BCUT2D eigenvalue weighted by atomic mass is 9.90. The Bertz CT molecular complexity index is 635. The molecule has 0 amide bonds. The van der Waals surface area contributed by atoms with E-state index in [1.54, 1.807) is 0 Å². The largest absolute Gasteiger partial charge is 0.491 e. The molecule has 0 unspecified atom stereocenters. The molecule has 0 aromatic heterocycles. The Hall–Kier alpha value is -1.84. The molecule has 25 heavy (non-hydrogen) atoms. The van der Waals surface area contributed by atoms with E-state index in [9.17, 15) is 5.11 Å². The van der Waals surface area contributed by atoms with Gasteiger partial charge in [-0.1, -0.05) is 42.5 Å². The third-order valence-corrected chi connectivity index (χ3v) is 4.98. The van der Waals surface area contributed by atoms with Crippen molar-refractivity contribution in [1.29, 1.82) is 0 Å². The lowest BCUT2D eigenvalue weighted by Gasteiger charge is -2.33. The maximum atomic E-state index is 10.3. The van der Waals surface area contributed by atoms with Crippen LogP contribution in [0.5, 0.6) is 5.75 Å². The van der Waals surface area contributed by atoms with Crippen molar-refractivity contribution in [3.63, 3.8) is 0 Å². The van der Waals surface area contributed by atoms with Gasteiger partial charge in [-0.3, -0.25) is 0 Å². The molecule has 1 heterocycles. The molecule has 2 aromatic rings. The Morgan fingerprint density at radius 3 is 2.56 bits per heavy atom. The van der Waals surface area contributed by atoms with E-state index >= 15 is 0 Å². The van der Waals surface area contributed by atoms with Gasteiger partial charge in [-0.25, -0.2) is 0 Å². The van der Waals surface area contributed by atoms with Gasteiger partial charge in [0.2, 0.25) is 0 Å². The van der Waals surface area contributed by atoms with E-state index in [0.717, 1.165) is 24.8 Å². The average molecular weight is 339 g/mol. The van der Waals surface area contributed by atoms with Gasteiger partial charge < -0.3 is 14.7 Å². The van der Waals surface area contributed by atoms with E-state index in [0.29, 0.717) is 13.2 Å². The number of piperidine rings is 1. The number of aryl methyl sites for hydroxylation is 1. The topological polar surface area (TPSA) is 32.7 Å². The normalized spacial score (nSPS) is 17.4. The molecule has 0 radical (unpaired) electrons. The Balaban J connectivity index is 1.37. The predicted molar refractivity (Wildman–Crippen MR) is 102 cm³/mol. The lowest BCUT2D eigenvalue weighted by molar-refractivity contribution is 0.0550. The predicted octanol–water partition coefficient (Wildman–Crippen LogP) is 3.69. The van der Waals surface area contributed by atoms with Crippen molar-refractivity contribution in [1.82, 2.24) is 4.90 Å². The number of hydrogen-bond acceptors (Lipinski definition) is 3. The highest BCUT2D eigenvalue weighted by atomic mass is 16.5. The summed E-state index contributed by atoms with van der Waals surface area (Å²) in [6, 6.07) is 18.7. The van der Waals surface area contributed by atoms with E-state index in [1.807, 2.05) is 31.2 Å². The number of hydrogen-bond donors (Lipinski definition) is 1. The number of ether oxygens (including phenoxy) is 1. The highest BCUT2D eigenvalue weighted by Gasteiger charge is 2.21. The van der Waals surface area contributed by atoms with Crippen molar-refractivity contribution in [3.8, 4) is 5.75 Å². The Kier molecular flexibility index (Phi) is 6.48. The molecule has 3 heteroatoms. The van der Waals surface area contributed by atoms with Gasteiger partial charge in [0.1, 0.15) is 18.5 Å². The molecular formula is C22H29NO2. The minimum Gasteiger partial charge on any atom is -0.491 e. The number of aliphatic hydroxyl groups is 1. The number of β-amino-alcohol motifs (C(OH)–C–C–N with tert-alkyl or cyclic N) is 1. The maximum absolute atomic E-state index is 10.3. The summed E-state index contributed by atoms with van der Waals surface area (Å²) in [6.45, 7) is 5.23. The second-order valence-corrected chi connectivity index (χ2v) is 7.22. The maximum Gasteiger partial charge on any atom is 0.119 e. The van der Waals surface area contributed by atoms with Crippen molar-refractivity contribution in [3.05, 3.63) is 65.7 Å². The van der Waals surface area contributed by atoms with Gasteiger partial charge in [-0.05, 0) is 68.5 Å². The van der Waals surface area contributed by atoms with Crippen molar-refractivity contribution < 1.29 is 9.84 Å². The van der Waals surface area contributed by atoms with Crippen molar-refractivity contribution in [2.45, 2.75) is 32.3 Å². The van der Waals surface area contributed by atoms with Crippen LogP contribution in [0.3, 0.4) is 0 Å². The molecule has 0 saturated carbocycles. The van der Waals surface area contributed by atoms with Gasteiger partial charge in [0.05, 0.1) is 0 Å². The molecule has 0 bridgehead atoms. The molecule has 1 saturated heterocycles. The monoisotopic (exact) mass is 339 g/mol. The first kappa shape index (κ1) is 18.0. The summed E-state index contributed by atoms with van der Waals surface area (Å²) in [7, 11) is 0. The van der Waals surface area contributed by atoms with Crippen LogP contribution in [0.1, 0.15) is 24.0 Å². The third kappa shape index (κ3) is 5.87. The summed E-state index contributed by atoms with van der Waals surface area (Å²) < 4.78 is 5.71. The average Bonchev–Trinajstić information content (AvgIpc) is 2.63. The third-order valence-electron chi connectivity index (χ3n) is 4.98. The van der Waals surface area contributed by atoms with E-state index in [4.69, 9.17) is 4.74 Å². The summed E-state index contributed by atoms with van der Waals surface area (Å²) in [5, 5.41) is 10.3. The minimum atomic E-state index is -0.439. The van der Waals surface area contributed by atoms with Crippen LogP contribution in [-0.4, -0.2) is 42.4 Å². The molecule has 1 aliphatic heterocycles. The molecule has 1 aliphatic rings. The van der Waals surface area contributed by atoms with Crippen LogP contribution in [0.15, 0.2) is 54.6 Å². The number of benzene rings is 2. The first-order chi connectivity index (χ1) is 12.2. The van der Waals surface area contributed by atoms with Gasteiger partial charge in [0, 0.05) is 6.54 Å². The minimum absolute atomic E-state index is 0.355. The van der Waals surface area contributed by atoms with Crippen molar-refractivity contribution in [2.75, 3.05) is 26.2 Å². The molecule has 1 fully saturated rings. The van der Waals surface area contributed by atoms with Crippen LogP contribution in [0.25, 0.3) is 0 Å². The summed E-state index contributed by atoms with van der Waals surface area (Å²) in [5.74, 6) is 1.60. The molecular weight excluding hydrogens is 310 g/mol. The van der Waals surface area contributed by atoms with E-state index < -0.39 is 6.10 Å². The van der Waals surface area contributed by atoms with E-state index in [1.165, 1.54) is 30.4 Å². The molecule has 134 valence electrons. The standard InChI is InChI=1S/C22H29NO2/c1-18-6-5-9-22(14-18)25-17-21(24)16-23-12-10-20(11-13-23)15-19-7-3-2-4-8-19/h2-9,14,20-21,24H,10-13,15-17H2,1H3/t21-/m1/s1. The van der Waals surface area contributed by atoms with Crippen molar-refractivity contribution in [2.24, 2.45) is 5.92 Å². The van der Waals surface area contributed by atoms with Gasteiger partial charge in [0.25, 0.3) is 0 Å².